The van der Waals surface area contributed by atoms with Crippen molar-refractivity contribution in [2.45, 2.75) is 17.4 Å². The largest absolute Gasteiger partial charge is 0.459 e. The molecule has 1 amide bonds. The Morgan fingerprint density at radius 3 is 2.88 bits per heavy atom. The molecule has 0 radical (unpaired) electrons. The minimum atomic E-state index is -0.485. The number of carbonyl (C=O) groups excluding carboxylic acids is 1. The normalized spacial score (nSPS) is 11.7. The number of hydrogen-bond donors (Lipinski definition) is 1. The van der Waals surface area contributed by atoms with Gasteiger partial charge in [0.25, 0.3) is 11.1 Å². The Kier molecular flexibility index (Phi) is 4.63. The third kappa shape index (κ3) is 3.47. The van der Waals surface area contributed by atoms with Gasteiger partial charge in [0.15, 0.2) is 5.76 Å². The van der Waals surface area contributed by atoms with Crippen LogP contribution in [0.15, 0.2) is 56.7 Å². The molecule has 0 unspecified atom stereocenters. The molecule has 8 heteroatoms. The van der Waals surface area contributed by atoms with Crippen LogP contribution in [0, 0.1) is 11.3 Å². The number of rotatable bonds is 5. The van der Waals surface area contributed by atoms with Crippen molar-refractivity contribution in [3.63, 3.8) is 0 Å². The number of anilines is 1. The van der Waals surface area contributed by atoms with E-state index in [4.69, 9.17) is 14.1 Å². The van der Waals surface area contributed by atoms with Crippen molar-refractivity contribution in [2.75, 3.05) is 5.32 Å². The Labute approximate surface area is 141 Å². The second-order valence-electron chi connectivity index (χ2n) is 4.76. The van der Waals surface area contributed by atoms with Gasteiger partial charge in [-0.25, -0.2) is 0 Å². The predicted octanol–water partition coefficient (Wildman–Crippen LogP) is 3.32. The van der Waals surface area contributed by atoms with E-state index < -0.39 is 5.25 Å². The lowest BCUT2D eigenvalue weighted by Crippen LogP contribution is -2.22. The van der Waals surface area contributed by atoms with E-state index >= 15 is 0 Å². The molecule has 3 rings (SSSR count). The van der Waals surface area contributed by atoms with Gasteiger partial charge in [-0.2, -0.15) is 5.26 Å². The highest BCUT2D eigenvalue weighted by Gasteiger charge is 2.20. The van der Waals surface area contributed by atoms with Crippen molar-refractivity contribution >= 4 is 23.4 Å². The standard InChI is InChI=1S/C16H12N4O3S/c1-10(14(21)18-12-6-3-2-5-11(12)9-17)24-16-20-19-15(23-16)13-7-4-8-22-13/h2-8,10H,1H3,(H,18,21)/t10-/m0/s1. The molecule has 120 valence electrons. The number of para-hydroxylation sites is 1. The minimum Gasteiger partial charge on any atom is -0.459 e. The second kappa shape index (κ2) is 7.02. The molecule has 1 aromatic carbocycles. The summed E-state index contributed by atoms with van der Waals surface area (Å²) in [6, 6.07) is 12.3. The number of thioether (sulfide) groups is 1. The molecule has 1 atom stereocenters. The monoisotopic (exact) mass is 340 g/mol. The van der Waals surface area contributed by atoms with Gasteiger partial charge >= 0.3 is 0 Å². The van der Waals surface area contributed by atoms with Crippen molar-refractivity contribution in [1.82, 2.24) is 10.2 Å². The molecule has 2 aromatic heterocycles. The second-order valence-corrected chi connectivity index (χ2v) is 6.05. The Morgan fingerprint density at radius 2 is 2.12 bits per heavy atom. The summed E-state index contributed by atoms with van der Waals surface area (Å²) in [7, 11) is 0. The van der Waals surface area contributed by atoms with Crippen LogP contribution in [0.4, 0.5) is 5.69 Å². The zero-order valence-corrected chi connectivity index (χ0v) is 13.4. The van der Waals surface area contributed by atoms with Gasteiger partial charge in [0.1, 0.15) is 6.07 Å². The summed E-state index contributed by atoms with van der Waals surface area (Å²) >= 11 is 1.13. The molecule has 0 bridgehead atoms. The molecule has 0 fully saturated rings. The first-order valence-corrected chi connectivity index (χ1v) is 7.89. The Hall–Kier alpha value is -3.05. The van der Waals surface area contributed by atoms with E-state index in [1.165, 1.54) is 6.26 Å². The Morgan fingerprint density at radius 1 is 1.29 bits per heavy atom. The summed E-state index contributed by atoms with van der Waals surface area (Å²) in [6.45, 7) is 1.71. The molecule has 0 saturated carbocycles. The molecule has 7 nitrogen and oxygen atoms in total. The molecule has 0 spiro atoms. The number of nitrogens with zero attached hydrogens (tertiary/aromatic N) is 3. The number of nitrogens with one attached hydrogen (secondary N) is 1. The first-order chi connectivity index (χ1) is 11.7. The average molecular weight is 340 g/mol. The van der Waals surface area contributed by atoms with Gasteiger partial charge in [0.2, 0.25) is 5.91 Å². The van der Waals surface area contributed by atoms with Crippen LogP contribution in [-0.2, 0) is 4.79 Å². The topological polar surface area (TPSA) is 105 Å². The molecule has 24 heavy (non-hydrogen) atoms. The van der Waals surface area contributed by atoms with Crippen LogP contribution in [-0.4, -0.2) is 21.4 Å². The Balaban J connectivity index is 1.65. The molecule has 0 aliphatic rings. The van der Waals surface area contributed by atoms with Crippen molar-refractivity contribution in [2.24, 2.45) is 0 Å². The molecular weight excluding hydrogens is 328 g/mol. The maximum atomic E-state index is 12.3. The van der Waals surface area contributed by atoms with Crippen LogP contribution < -0.4 is 5.32 Å². The first kappa shape index (κ1) is 15.8. The van der Waals surface area contributed by atoms with Crippen molar-refractivity contribution < 1.29 is 13.6 Å². The summed E-state index contributed by atoms with van der Waals surface area (Å²) in [6.07, 6.45) is 1.51. The molecule has 0 aliphatic heterocycles. The molecular formula is C16H12N4O3S. The van der Waals surface area contributed by atoms with E-state index in [0.29, 0.717) is 17.0 Å². The Bertz CT molecular complexity index is 883. The number of furan rings is 1. The maximum absolute atomic E-state index is 12.3. The zero-order valence-electron chi connectivity index (χ0n) is 12.6. The maximum Gasteiger partial charge on any atom is 0.284 e. The smallest absolute Gasteiger partial charge is 0.284 e. The fourth-order valence-corrected chi connectivity index (χ4v) is 2.57. The lowest BCUT2D eigenvalue weighted by Gasteiger charge is -2.10. The highest BCUT2D eigenvalue weighted by molar-refractivity contribution is 8.00. The van der Waals surface area contributed by atoms with Gasteiger partial charge in [-0.05, 0) is 31.2 Å². The highest BCUT2D eigenvalue weighted by atomic mass is 32.2. The molecule has 2 heterocycles. The van der Waals surface area contributed by atoms with Crippen LogP contribution in [0.3, 0.4) is 0 Å². The summed E-state index contributed by atoms with van der Waals surface area (Å²) in [5.41, 5.74) is 0.875. The summed E-state index contributed by atoms with van der Waals surface area (Å²) in [5, 5.41) is 19.3. The third-order valence-corrected chi connectivity index (χ3v) is 4.02. The molecule has 0 aliphatic carbocycles. The third-order valence-electron chi connectivity index (χ3n) is 3.09. The fourth-order valence-electron chi connectivity index (χ4n) is 1.89. The van der Waals surface area contributed by atoms with Crippen LogP contribution in [0.5, 0.6) is 0 Å². The van der Waals surface area contributed by atoms with E-state index in [-0.39, 0.29) is 17.0 Å². The summed E-state index contributed by atoms with van der Waals surface area (Å²) in [5.74, 6) is 0.458. The summed E-state index contributed by atoms with van der Waals surface area (Å²) < 4.78 is 10.6. The summed E-state index contributed by atoms with van der Waals surface area (Å²) in [4.78, 5) is 12.3. The van der Waals surface area contributed by atoms with Crippen molar-refractivity contribution in [1.29, 1.82) is 5.26 Å². The fraction of sp³-hybridized carbons (Fsp3) is 0.125. The van der Waals surface area contributed by atoms with Crippen LogP contribution in [0.2, 0.25) is 0 Å². The zero-order chi connectivity index (χ0) is 16.9. The quantitative estimate of drug-likeness (QED) is 0.710. The number of nitriles is 1. The van der Waals surface area contributed by atoms with E-state index in [9.17, 15) is 4.79 Å². The van der Waals surface area contributed by atoms with Crippen LogP contribution in [0.1, 0.15) is 12.5 Å². The van der Waals surface area contributed by atoms with Gasteiger partial charge in [-0.1, -0.05) is 23.9 Å². The van der Waals surface area contributed by atoms with Gasteiger partial charge in [-0.15, -0.1) is 10.2 Å². The van der Waals surface area contributed by atoms with Gasteiger partial charge in [0, 0.05) is 0 Å². The van der Waals surface area contributed by atoms with E-state index in [1.54, 1.807) is 43.3 Å². The van der Waals surface area contributed by atoms with E-state index in [2.05, 4.69) is 15.5 Å². The number of aromatic nitrogens is 2. The molecule has 3 aromatic rings. The SMILES string of the molecule is C[C@H](Sc1nnc(-c2ccco2)o1)C(=O)Nc1ccccc1C#N. The average Bonchev–Trinajstić information content (AvgIpc) is 3.26. The van der Waals surface area contributed by atoms with E-state index in [1.807, 2.05) is 6.07 Å². The predicted molar refractivity (Wildman–Crippen MR) is 87.1 cm³/mol. The van der Waals surface area contributed by atoms with Gasteiger partial charge < -0.3 is 14.2 Å². The number of benzene rings is 1. The van der Waals surface area contributed by atoms with Crippen molar-refractivity contribution in [3.8, 4) is 17.7 Å². The first-order valence-electron chi connectivity index (χ1n) is 7.01. The minimum absolute atomic E-state index is 0.255. The molecule has 0 saturated heterocycles. The van der Waals surface area contributed by atoms with E-state index in [0.717, 1.165) is 11.8 Å². The molecule has 1 N–H and O–H groups in total. The van der Waals surface area contributed by atoms with Gasteiger partial charge in [-0.3, -0.25) is 4.79 Å². The van der Waals surface area contributed by atoms with Crippen LogP contribution in [0.25, 0.3) is 11.7 Å². The lowest BCUT2D eigenvalue weighted by molar-refractivity contribution is -0.115. The number of carbonyl (C=O) groups is 1. The lowest BCUT2D eigenvalue weighted by atomic mass is 10.2. The van der Waals surface area contributed by atoms with Crippen molar-refractivity contribution in [3.05, 3.63) is 48.2 Å². The van der Waals surface area contributed by atoms with Gasteiger partial charge in [0.05, 0.1) is 22.8 Å². The number of hydrogen-bond acceptors (Lipinski definition) is 7. The highest BCUT2D eigenvalue weighted by Crippen LogP contribution is 2.27. The number of amides is 1. The van der Waals surface area contributed by atoms with Crippen LogP contribution >= 0.6 is 11.8 Å².